The highest BCUT2D eigenvalue weighted by Crippen LogP contribution is 2.21. The van der Waals surface area contributed by atoms with Gasteiger partial charge in [-0.15, -0.1) is 11.3 Å². The van der Waals surface area contributed by atoms with Crippen molar-refractivity contribution in [1.82, 2.24) is 10.0 Å². The van der Waals surface area contributed by atoms with Gasteiger partial charge in [0.15, 0.2) is 0 Å². The molecular weight excluding hydrogens is 316 g/mol. The number of thiophene rings is 1. The van der Waals surface area contributed by atoms with Gasteiger partial charge in [-0.2, -0.15) is 0 Å². The zero-order valence-corrected chi connectivity index (χ0v) is 13.4. The Morgan fingerprint density at radius 3 is 2.62 bits per heavy atom. The number of aromatic carboxylic acids is 1. The maximum absolute atomic E-state index is 12.0. The quantitative estimate of drug-likeness (QED) is 0.653. The summed E-state index contributed by atoms with van der Waals surface area (Å²) >= 11 is 0.838. The third-order valence-electron chi connectivity index (χ3n) is 2.46. The van der Waals surface area contributed by atoms with Crippen LogP contribution in [0.1, 0.15) is 29.9 Å². The number of carboxylic acids is 1. The van der Waals surface area contributed by atoms with Crippen molar-refractivity contribution in [3.8, 4) is 0 Å². The lowest BCUT2D eigenvalue weighted by Gasteiger charge is -2.08. The van der Waals surface area contributed by atoms with E-state index in [1.54, 1.807) is 0 Å². The van der Waals surface area contributed by atoms with Gasteiger partial charge < -0.3 is 10.4 Å². The molecule has 9 heteroatoms. The van der Waals surface area contributed by atoms with E-state index in [1.165, 1.54) is 11.4 Å². The van der Waals surface area contributed by atoms with E-state index in [0.717, 1.165) is 11.3 Å². The third-order valence-corrected chi connectivity index (χ3v) is 5.00. The molecule has 0 aliphatic rings. The zero-order valence-electron chi connectivity index (χ0n) is 11.8. The summed E-state index contributed by atoms with van der Waals surface area (Å²) in [6, 6.07) is 1.23. The van der Waals surface area contributed by atoms with Gasteiger partial charge in [0.1, 0.15) is 9.77 Å². The molecule has 1 rings (SSSR count). The summed E-state index contributed by atoms with van der Waals surface area (Å²) in [6.07, 6.45) is -0.00150. The lowest BCUT2D eigenvalue weighted by atomic mass is 10.2. The summed E-state index contributed by atoms with van der Waals surface area (Å²) in [5.74, 6) is -1.23. The van der Waals surface area contributed by atoms with Crippen LogP contribution < -0.4 is 10.0 Å². The van der Waals surface area contributed by atoms with Crippen LogP contribution in [0.4, 0.5) is 0 Å². The van der Waals surface area contributed by atoms with Crippen molar-refractivity contribution >= 4 is 33.2 Å². The average Bonchev–Trinajstić information content (AvgIpc) is 2.86. The van der Waals surface area contributed by atoms with E-state index in [0.29, 0.717) is 12.5 Å². The second-order valence-corrected chi connectivity index (χ2v) is 7.42. The second kappa shape index (κ2) is 7.53. The average molecular weight is 334 g/mol. The molecule has 0 unspecified atom stereocenters. The van der Waals surface area contributed by atoms with Gasteiger partial charge in [-0.1, -0.05) is 13.8 Å². The molecule has 0 bridgehead atoms. The largest absolute Gasteiger partial charge is 0.477 e. The minimum Gasteiger partial charge on any atom is -0.477 e. The van der Waals surface area contributed by atoms with Crippen molar-refractivity contribution in [3.63, 3.8) is 0 Å². The minimum absolute atomic E-state index is 0.00150. The monoisotopic (exact) mass is 334 g/mol. The SMILES string of the molecule is CC(C)CNC(=O)CCNS(=O)(=O)c1ccsc1C(=O)O. The van der Waals surface area contributed by atoms with Gasteiger partial charge >= 0.3 is 5.97 Å². The molecule has 0 aromatic carbocycles. The molecule has 3 N–H and O–H groups in total. The Hall–Kier alpha value is -1.45. The molecule has 118 valence electrons. The summed E-state index contributed by atoms with van der Waals surface area (Å²) in [6.45, 7) is 4.35. The Morgan fingerprint density at radius 2 is 2.05 bits per heavy atom. The first-order chi connectivity index (χ1) is 9.74. The first kappa shape index (κ1) is 17.6. The molecule has 1 heterocycles. The van der Waals surface area contributed by atoms with Crippen LogP contribution >= 0.6 is 11.3 Å². The van der Waals surface area contributed by atoms with E-state index in [1.807, 2.05) is 13.8 Å². The van der Waals surface area contributed by atoms with Gasteiger partial charge in [-0.25, -0.2) is 17.9 Å². The van der Waals surface area contributed by atoms with E-state index < -0.39 is 16.0 Å². The summed E-state index contributed by atoms with van der Waals surface area (Å²) in [5.41, 5.74) is 0. The number of hydrogen-bond donors (Lipinski definition) is 3. The maximum atomic E-state index is 12.0. The molecule has 0 spiro atoms. The highest BCUT2D eigenvalue weighted by atomic mass is 32.2. The summed E-state index contributed by atoms with van der Waals surface area (Å²) < 4.78 is 26.2. The molecular formula is C12H18N2O5S2. The van der Waals surface area contributed by atoms with Gasteiger partial charge in [-0.3, -0.25) is 4.79 Å². The van der Waals surface area contributed by atoms with Gasteiger partial charge in [0, 0.05) is 19.5 Å². The molecule has 21 heavy (non-hydrogen) atoms. The lowest BCUT2D eigenvalue weighted by Crippen LogP contribution is -2.32. The number of carboxylic acid groups (broad SMARTS) is 1. The number of sulfonamides is 1. The predicted molar refractivity (Wildman–Crippen MR) is 78.9 cm³/mol. The van der Waals surface area contributed by atoms with Crippen molar-refractivity contribution in [2.75, 3.05) is 13.1 Å². The summed E-state index contributed by atoms with van der Waals surface area (Å²) in [5, 5.41) is 13.0. The first-order valence-corrected chi connectivity index (χ1v) is 8.67. The van der Waals surface area contributed by atoms with E-state index in [4.69, 9.17) is 5.11 Å². The molecule has 1 amide bonds. The van der Waals surface area contributed by atoms with Crippen molar-refractivity contribution in [1.29, 1.82) is 0 Å². The van der Waals surface area contributed by atoms with Crippen LogP contribution in [0.15, 0.2) is 16.3 Å². The molecule has 0 saturated heterocycles. The Balaban J connectivity index is 2.56. The van der Waals surface area contributed by atoms with Crippen LogP contribution in [0, 0.1) is 5.92 Å². The Labute approximate surface area is 127 Å². The van der Waals surface area contributed by atoms with Crippen LogP contribution in [0.5, 0.6) is 0 Å². The van der Waals surface area contributed by atoms with E-state index in [-0.39, 0.29) is 28.6 Å². The van der Waals surface area contributed by atoms with Crippen molar-refractivity contribution in [3.05, 3.63) is 16.3 Å². The summed E-state index contributed by atoms with van der Waals surface area (Å²) in [4.78, 5) is 21.9. The van der Waals surface area contributed by atoms with Crippen LogP contribution in [0.25, 0.3) is 0 Å². The Kier molecular flexibility index (Phi) is 6.31. The van der Waals surface area contributed by atoms with Crippen molar-refractivity contribution < 1.29 is 23.1 Å². The van der Waals surface area contributed by atoms with Gasteiger partial charge in [0.05, 0.1) is 0 Å². The predicted octanol–water partition coefficient (Wildman–Crippen LogP) is 0.887. The molecule has 7 nitrogen and oxygen atoms in total. The van der Waals surface area contributed by atoms with E-state index >= 15 is 0 Å². The molecule has 0 aliphatic heterocycles. The first-order valence-electron chi connectivity index (χ1n) is 6.31. The standard InChI is InChI=1S/C12H18N2O5S2/c1-8(2)7-13-10(15)3-5-14-21(18,19)9-4-6-20-11(9)12(16)17/h4,6,8,14H,3,5,7H2,1-2H3,(H,13,15)(H,16,17). The fraction of sp³-hybridized carbons (Fsp3) is 0.500. The fourth-order valence-corrected chi connectivity index (χ4v) is 3.74. The van der Waals surface area contributed by atoms with E-state index in [2.05, 4.69) is 10.0 Å². The number of carbonyl (C=O) groups is 2. The molecule has 0 radical (unpaired) electrons. The number of carbonyl (C=O) groups excluding carboxylic acids is 1. The highest BCUT2D eigenvalue weighted by molar-refractivity contribution is 7.89. The molecule has 1 aromatic rings. The van der Waals surface area contributed by atoms with Crippen LogP contribution in [0.2, 0.25) is 0 Å². The minimum atomic E-state index is -3.92. The topological polar surface area (TPSA) is 113 Å². The zero-order chi connectivity index (χ0) is 16.0. The summed E-state index contributed by atoms with van der Waals surface area (Å²) in [7, 11) is -3.92. The Morgan fingerprint density at radius 1 is 1.38 bits per heavy atom. The number of amides is 1. The van der Waals surface area contributed by atoms with Crippen LogP contribution in [-0.4, -0.2) is 38.5 Å². The molecule has 1 aromatic heterocycles. The molecule has 0 saturated carbocycles. The third kappa shape index (κ3) is 5.44. The molecule has 0 atom stereocenters. The number of hydrogen-bond acceptors (Lipinski definition) is 5. The van der Waals surface area contributed by atoms with Crippen LogP contribution in [0.3, 0.4) is 0 Å². The van der Waals surface area contributed by atoms with Gasteiger partial charge in [0.25, 0.3) is 0 Å². The van der Waals surface area contributed by atoms with Gasteiger partial charge in [-0.05, 0) is 17.4 Å². The lowest BCUT2D eigenvalue weighted by molar-refractivity contribution is -0.121. The molecule has 0 aliphatic carbocycles. The van der Waals surface area contributed by atoms with Crippen molar-refractivity contribution in [2.24, 2.45) is 5.92 Å². The van der Waals surface area contributed by atoms with Crippen LogP contribution in [-0.2, 0) is 14.8 Å². The maximum Gasteiger partial charge on any atom is 0.347 e. The van der Waals surface area contributed by atoms with Gasteiger partial charge in [0.2, 0.25) is 15.9 Å². The fourth-order valence-electron chi connectivity index (χ4n) is 1.45. The molecule has 0 fully saturated rings. The highest BCUT2D eigenvalue weighted by Gasteiger charge is 2.23. The second-order valence-electron chi connectivity index (χ2n) is 4.76. The normalized spacial score (nSPS) is 11.6. The Bertz CT molecular complexity index is 607. The van der Waals surface area contributed by atoms with E-state index in [9.17, 15) is 18.0 Å². The number of nitrogens with one attached hydrogen (secondary N) is 2. The number of rotatable bonds is 8. The smallest absolute Gasteiger partial charge is 0.347 e. The van der Waals surface area contributed by atoms with Crippen molar-refractivity contribution in [2.45, 2.75) is 25.2 Å².